The van der Waals surface area contributed by atoms with Crippen LogP contribution in [0.3, 0.4) is 0 Å². The van der Waals surface area contributed by atoms with E-state index in [-0.39, 0.29) is 5.91 Å². The third kappa shape index (κ3) is 2.83. The molecule has 0 unspecified atom stereocenters. The predicted molar refractivity (Wildman–Crippen MR) is 118 cm³/mol. The standard InChI is InChI=1S/C25H24N2O2/c1-17-7-5-12-22-23(17)24(26-13-15-29-16-14-26)18(2)27(22)25(28)21-11-6-9-19-8-3-4-10-20(19)21/h3-12H,13-16H2,1-2H3. The van der Waals surface area contributed by atoms with Crippen molar-refractivity contribution in [2.45, 2.75) is 13.8 Å². The molecule has 0 radical (unpaired) electrons. The Morgan fingerprint density at radius 2 is 1.62 bits per heavy atom. The molecule has 1 aliphatic rings. The summed E-state index contributed by atoms with van der Waals surface area (Å²) in [6.07, 6.45) is 0. The molecule has 1 saturated heterocycles. The Morgan fingerprint density at radius 1 is 0.897 bits per heavy atom. The lowest BCUT2D eigenvalue weighted by Crippen LogP contribution is -2.36. The lowest BCUT2D eigenvalue weighted by Gasteiger charge is -2.29. The van der Waals surface area contributed by atoms with Crippen LogP contribution in [-0.2, 0) is 4.74 Å². The largest absolute Gasteiger partial charge is 0.378 e. The first-order valence-corrected chi connectivity index (χ1v) is 10.1. The number of benzene rings is 3. The number of nitrogens with zero attached hydrogens (tertiary/aromatic N) is 2. The quantitative estimate of drug-likeness (QED) is 0.491. The van der Waals surface area contributed by atoms with Gasteiger partial charge in [-0.25, -0.2) is 0 Å². The van der Waals surface area contributed by atoms with Crippen LogP contribution >= 0.6 is 0 Å². The van der Waals surface area contributed by atoms with Crippen LogP contribution in [0.2, 0.25) is 0 Å². The minimum absolute atomic E-state index is 0.0226. The number of rotatable bonds is 2. The van der Waals surface area contributed by atoms with Crippen molar-refractivity contribution in [1.82, 2.24) is 4.57 Å². The van der Waals surface area contributed by atoms with Gasteiger partial charge in [0.2, 0.25) is 0 Å². The monoisotopic (exact) mass is 384 g/mol. The van der Waals surface area contributed by atoms with Crippen LogP contribution in [0.15, 0.2) is 60.7 Å². The van der Waals surface area contributed by atoms with E-state index in [0.717, 1.165) is 59.5 Å². The van der Waals surface area contributed by atoms with Gasteiger partial charge in [0.15, 0.2) is 0 Å². The molecular weight excluding hydrogens is 360 g/mol. The van der Waals surface area contributed by atoms with Crippen LogP contribution < -0.4 is 4.90 Å². The molecule has 0 saturated carbocycles. The molecule has 0 bridgehead atoms. The smallest absolute Gasteiger partial charge is 0.263 e. The number of hydrogen-bond donors (Lipinski definition) is 0. The molecule has 0 aliphatic carbocycles. The van der Waals surface area contributed by atoms with E-state index in [1.54, 1.807) is 0 Å². The van der Waals surface area contributed by atoms with Gasteiger partial charge in [0.1, 0.15) is 0 Å². The Morgan fingerprint density at radius 3 is 2.45 bits per heavy atom. The van der Waals surface area contributed by atoms with E-state index in [4.69, 9.17) is 4.74 Å². The summed E-state index contributed by atoms with van der Waals surface area (Å²) in [6.45, 7) is 7.31. The van der Waals surface area contributed by atoms with Gasteiger partial charge < -0.3 is 9.64 Å². The summed E-state index contributed by atoms with van der Waals surface area (Å²) in [4.78, 5) is 16.2. The van der Waals surface area contributed by atoms with E-state index < -0.39 is 0 Å². The number of aromatic nitrogens is 1. The third-order valence-electron chi connectivity index (χ3n) is 5.96. The zero-order valence-corrected chi connectivity index (χ0v) is 16.8. The van der Waals surface area contributed by atoms with E-state index >= 15 is 0 Å². The molecule has 4 aromatic rings. The maximum Gasteiger partial charge on any atom is 0.263 e. The Balaban J connectivity index is 1.76. The summed E-state index contributed by atoms with van der Waals surface area (Å²) in [5.41, 5.74) is 5.06. The first-order valence-electron chi connectivity index (χ1n) is 10.1. The molecule has 4 nitrogen and oxygen atoms in total. The van der Waals surface area contributed by atoms with Gasteiger partial charge in [-0.05, 0) is 42.3 Å². The van der Waals surface area contributed by atoms with Crippen molar-refractivity contribution >= 4 is 33.3 Å². The highest BCUT2D eigenvalue weighted by molar-refractivity contribution is 6.13. The average molecular weight is 384 g/mol. The van der Waals surface area contributed by atoms with Crippen LogP contribution in [0, 0.1) is 13.8 Å². The third-order valence-corrected chi connectivity index (χ3v) is 5.96. The van der Waals surface area contributed by atoms with E-state index in [2.05, 4.69) is 43.0 Å². The molecular formula is C25H24N2O2. The number of ether oxygens (including phenoxy) is 1. The van der Waals surface area contributed by atoms with Gasteiger partial charge in [-0.1, -0.05) is 48.5 Å². The maximum absolute atomic E-state index is 13.8. The lowest BCUT2D eigenvalue weighted by molar-refractivity contribution is 0.0964. The Hall–Kier alpha value is -3.11. The Labute approximate surface area is 170 Å². The van der Waals surface area contributed by atoms with Gasteiger partial charge in [-0.3, -0.25) is 9.36 Å². The van der Waals surface area contributed by atoms with Crippen LogP contribution in [0.25, 0.3) is 21.7 Å². The number of aryl methyl sites for hydroxylation is 1. The van der Waals surface area contributed by atoms with Gasteiger partial charge in [0.25, 0.3) is 5.91 Å². The van der Waals surface area contributed by atoms with E-state index in [1.165, 1.54) is 10.9 Å². The van der Waals surface area contributed by atoms with Crippen molar-refractivity contribution in [3.8, 4) is 0 Å². The normalized spacial score (nSPS) is 14.6. The molecule has 0 N–H and O–H groups in total. The van der Waals surface area contributed by atoms with Crippen LogP contribution in [-0.4, -0.2) is 36.8 Å². The van der Waals surface area contributed by atoms with E-state index in [9.17, 15) is 4.79 Å². The van der Waals surface area contributed by atoms with Crippen LogP contribution in [0.1, 0.15) is 21.6 Å². The molecule has 1 aromatic heterocycles. The summed E-state index contributed by atoms with van der Waals surface area (Å²) in [5, 5.41) is 3.24. The van der Waals surface area contributed by atoms with Crippen molar-refractivity contribution in [2.24, 2.45) is 0 Å². The predicted octanol–water partition coefficient (Wildman–Crippen LogP) is 4.94. The molecule has 0 atom stereocenters. The van der Waals surface area contributed by atoms with Gasteiger partial charge in [0, 0.05) is 29.7 Å². The van der Waals surface area contributed by atoms with Gasteiger partial charge in [0.05, 0.1) is 24.4 Å². The SMILES string of the molecule is Cc1cccc2c1c(N1CCOCC1)c(C)n2C(=O)c1cccc2ccccc12. The number of morpholine rings is 1. The number of carbonyl (C=O) groups is 1. The topological polar surface area (TPSA) is 34.5 Å². The Bertz CT molecular complexity index is 1230. The zero-order valence-electron chi connectivity index (χ0n) is 16.8. The van der Waals surface area contributed by atoms with Crippen molar-refractivity contribution < 1.29 is 9.53 Å². The van der Waals surface area contributed by atoms with E-state index in [0.29, 0.717) is 0 Å². The number of anilines is 1. The van der Waals surface area contributed by atoms with Crippen molar-refractivity contribution in [3.63, 3.8) is 0 Å². The fraction of sp³-hybridized carbons (Fsp3) is 0.240. The zero-order chi connectivity index (χ0) is 20.0. The highest BCUT2D eigenvalue weighted by Crippen LogP contribution is 2.37. The average Bonchev–Trinajstić information content (AvgIpc) is 3.06. The molecule has 3 aromatic carbocycles. The molecule has 5 rings (SSSR count). The van der Waals surface area contributed by atoms with Crippen molar-refractivity contribution in [1.29, 1.82) is 0 Å². The lowest BCUT2D eigenvalue weighted by atomic mass is 10.0. The van der Waals surface area contributed by atoms with Crippen LogP contribution in [0.5, 0.6) is 0 Å². The highest BCUT2D eigenvalue weighted by atomic mass is 16.5. The summed E-state index contributed by atoms with van der Waals surface area (Å²) in [6, 6.07) is 20.2. The number of carbonyl (C=O) groups excluding carboxylic acids is 1. The maximum atomic E-state index is 13.8. The van der Waals surface area contributed by atoms with Gasteiger partial charge in [-0.15, -0.1) is 0 Å². The first-order chi connectivity index (χ1) is 14.2. The summed E-state index contributed by atoms with van der Waals surface area (Å²) in [7, 11) is 0. The second-order valence-electron chi connectivity index (χ2n) is 7.67. The second-order valence-corrected chi connectivity index (χ2v) is 7.67. The molecule has 4 heteroatoms. The van der Waals surface area contributed by atoms with Gasteiger partial charge >= 0.3 is 0 Å². The van der Waals surface area contributed by atoms with E-state index in [1.807, 2.05) is 41.0 Å². The fourth-order valence-corrected chi connectivity index (χ4v) is 4.58. The second kappa shape index (κ2) is 7.05. The highest BCUT2D eigenvalue weighted by Gasteiger charge is 2.26. The molecule has 1 fully saturated rings. The van der Waals surface area contributed by atoms with Gasteiger partial charge in [-0.2, -0.15) is 0 Å². The van der Waals surface area contributed by atoms with Crippen molar-refractivity contribution in [3.05, 3.63) is 77.5 Å². The number of hydrogen-bond acceptors (Lipinski definition) is 3. The number of fused-ring (bicyclic) bond motifs is 2. The molecule has 2 heterocycles. The molecule has 0 amide bonds. The molecule has 0 spiro atoms. The molecule has 146 valence electrons. The first kappa shape index (κ1) is 18.0. The molecule has 1 aliphatic heterocycles. The molecule has 29 heavy (non-hydrogen) atoms. The fourth-order valence-electron chi connectivity index (χ4n) is 4.58. The summed E-state index contributed by atoms with van der Waals surface area (Å²) in [5.74, 6) is 0.0226. The van der Waals surface area contributed by atoms with Crippen LogP contribution in [0.4, 0.5) is 5.69 Å². The Kier molecular flexibility index (Phi) is 4.36. The summed E-state index contributed by atoms with van der Waals surface area (Å²) >= 11 is 0. The van der Waals surface area contributed by atoms with Crippen molar-refractivity contribution in [2.75, 3.05) is 31.2 Å². The summed E-state index contributed by atoms with van der Waals surface area (Å²) < 4.78 is 7.46. The minimum atomic E-state index is 0.0226. The minimum Gasteiger partial charge on any atom is -0.378 e.